The van der Waals surface area contributed by atoms with Crippen molar-refractivity contribution in [3.05, 3.63) is 65.1 Å². The number of hydrogen-bond donors (Lipinski definition) is 0. The SMILES string of the molecule is O=C1CSC2=NC3=C(CCc4ccccc43)C(c3ccco3)N12. The van der Waals surface area contributed by atoms with Gasteiger partial charge in [-0.3, -0.25) is 9.69 Å². The summed E-state index contributed by atoms with van der Waals surface area (Å²) in [6.07, 6.45) is 3.56. The Morgan fingerprint density at radius 3 is 2.96 bits per heavy atom. The van der Waals surface area contributed by atoms with E-state index in [1.54, 1.807) is 6.26 Å². The molecule has 2 aromatic rings. The second-order valence-electron chi connectivity index (χ2n) is 5.90. The van der Waals surface area contributed by atoms with Crippen LogP contribution in [0, 0.1) is 0 Å². The number of carbonyl (C=O) groups excluding carboxylic acids is 1. The summed E-state index contributed by atoms with van der Waals surface area (Å²) in [5.41, 5.74) is 4.74. The van der Waals surface area contributed by atoms with E-state index in [-0.39, 0.29) is 11.9 Å². The Bertz CT molecular complexity index is 867. The molecule has 5 heteroatoms. The first-order chi connectivity index (χ1) is 11.3. The van der Waals surface area contributed by atoms with Crippen molar-refractivity contribution in [3.8, 4) is 0 Å². The maximum atomic E-state index is 12.4. The fourth-order valence-electron chi connectivity index (χ4n) is 3.64. The van der Waals surface area contributed by atoms with E-state index in [9.17, 15) is 4.79 Å². The molecule has 2 aliphatic heterocycles. The quantitative estimate of drug-likeness (QED) is 0.805. The number of fused-ring (bicyclic) bond motifs is 3. The zero-order valence-electron chi connectivity index (χ0n) is 12.4. The summed E-state index contributed by atoms with van der Waals surface area (Å²) in [5.74, 6) is 1.39. The smallest absolute Gasteiger partial charge is 0.239 e. The Labute approximate surface area is 137 Å². The molecule has 0 bridgehead atoms. The minimum Gasteiger partial charge on any atom is -0.467 e. The van der Waals surface area contributed by atoms with Crippen LogP contribution in [-0.4, -0.2) is 21.7 Å². The van der Waals surface area contributed by atoms with Gasteiger partial charge in [0.1, 0.15) is 11.8 Å². The van der Waals surface area contributed by atoms with Gasteiger partial charge in [0.25, 0.3) is 0 Å². The number of furan rings is 1. The Kier molecular flexibility index (Phi) is 2.79. The van der Waals surface area contributed by atoms with Gasteiger partial charge >= 0.3 is 0 Å². The zero-order chi connectivity index (χ0) is 15.4. The third-order valence-corrected chi connectivity index (χ3v) is 5.59. The van der Waals surface area contributed by atoms with Gasteiger partial charge in [-0.25, -0.2) is 4.99 Å². The Morgan fingerprint density at radius 1 is 1.17 bits per heavy atom. The predicted octanol–water partition coefficient (Wildman–Crippen LogP) is 3.62. The van der Waals surface area contributed by atoms with Crippen LogP contribution < -0.4 is 0 Å². The average Bonchev–Trinajstić information content (AvgIpc) is 3.23. The van der Waals surface area contributed by atoms with E-state index in [0.717, 1.165) is 29.5 Å². The summed E-state index contributed by atoms with van der Waals surface area (Å²) in [6.45, 7) is 0. The third-order valence-electron chi connectivity index (χ3n) is 4.65. The predicted molar refractivity (Wildman–Crippen MR) is 89.9 cm³/mol. The molecule has 1 atom stereocenters. The molecule has 1 amide bonds. The molecule has 1 aliphatic carbocycles. The Morgan fingerprint density at radius 2 is 2.09 bits per heavy atom. The van der Waals surface area contributed by atoms with Crippen LogP contribution in [-0.2, 0) is 11.2 Å². The van der Waals surface area contributed by atoms with Gasteiger partial charge in [-0.1, -0.05) is 36.0 Å². The molecule has 1 aromatic heterocycles. The number of hydrogen-bond acceptors (Lipinski definition) is 4. The number of carbonyl (C=O) groups is 1. The number of aryl methyl sites for hydroxylation is 1. The van der Waals surface area contributed by atoms with Crippen molar-refractivity contribution in [2.24, 2.45) is 4.99 Å². The van der Waals surface area contributed by atoms with E-state index < -0.39 is 0 Å². The van der Waals surface area contributed by atoms with E-state index in [2.05, 4.69) is 24.3 Å². The van der Waals surface area contributed by atoms with Crippen molar-refractivity contribution in [2.45, 2.75) is 18.9 Å². The lowest BCUT2D eigenvalue weighted by molar-refractivity contribution is -0.125. The van der Waals surface area contributed by atoms with Crippen molar-refractivity contribution in [1.29, 1.82) is 0 Å². The van der Waals surface area contributed by atoms with Crippen LogP contribution in [0.4, 0.5) is 0 Å². The van der Waals surface area contributed by atoms with E-state index in [1.165, 1.54) is 28.5 Å². The zero-order valence-corrected chi connectivity index (χ0v) is 13.2. The number of rotatable bonds is 1. The summed E-state index contributed by atoms with van der Waals surface area (Å²) in [6, 6.07) is 12.1. The molecular weight excluding hydrogens is 308 g/mol. The number of aliphatic imine (C=N–C) groups is 1. The highest BCUT2D eigenvalue weighted by molar-refractivity contribution is 8.15. The van der Waals surface area contributed by atoms with Crippen molar-refractivity contribution < 1.29 is 9.21 Å². The molecule has 114 valence electrons. The first kappa shape index (κ1) is 13.2. The van der Waals surface area contributed by atoms with Crippen molar-refractivity contribution in [2.75, 3.05) is 5.75 Å². The Hall–Kier alpha value is -2.27. The van der Waals surface area contributed by atoms with Crippen LogP contribution in [0.25, 0.3) is 5.70 Å². The van der Waals surface area contributed by atoms with E-state index in [4.69, 9.17) is 9.41 Å². The molecule has 3 heterocycles. The van der Waals surface area contributed by atoms with Gasteiger partial charge in [0, 0.05) is 5.56 Å². The molecule has 0 N–H and O–H groups in total. The summed E-state index contributed by atoms with van der Waals surface area (Å²) in [4.78, 5) is 19.1. The van der Waals surface area contributed by atoms with Gasteiger partial charge in [0.05, 0.1) is 17.7 Å². The fourth-order valence-corrected chi connectivity index (χ4v) is 4.53. The third kappa shape index (κ3) is 1.86. The van der Waals surface area contributed by atoms with Gasteiger partial charge in [-0.15, -0.1) is 0 Å². The van der Waals surface area contributed by atoms with Gasteiger partial charge < -0.3 is 4.42 Å². The molecule has 5 rings (SSSR count). The fraction of sp³-hybridized carbons (Fsp3) is 0.222. The van der Waals surface area contributed by atoms with Crippen LogP contribution in [0.3, 0.4) is 0 Å². The van der Waals surface area contributed by atoms with Crippen LogP contribution in [0.15, 0.2) is 57.6 Å². The maximum absolute atomic E-state index is 12.4. The van der Waals surface area contributed by atoms with Gasteiger partial charge in [-0.2, -0.15) is 0 Å². The molecule has 23 heavy (non-hydrogen) atoms. The lowest BCUT2D eigenvalue weighted by Gasteiger charge is -2.35. The lowest BCUT2D eigenvalue weighted by atomic mass is 9.84. The molecule has 1 unspecified atom stereocenters. The molecule has 1 fully saturated rings. The van der Waals surface area contributed by atoms with Crippen molar-refractivity contribution >= 4 is 28.5 Å². The minimum atomic E-state index is -0.150. The van der Waals surface area contributed by atoms with Crippen LogP contribution >= 0.6 is 11.8 Å². The topological polar surface area (TPSA) is 45.8 Å². The highest BCUT2D eigenvalue weighted by Crippen LogP contribution is 2.47. The summed E-state index contributed by atoms with van der Waals surface area (Å²) < 4.78 is 5.67. The largest absolute Gasteiger partial charge is 0.467 e. The summed E-state index contributed by atoms with van der Waals surface area (Å²) in [5, 5.41) is 0.798. The first-order valence-corrected chi connectivity index (χ1v) is 8.70. The molecule has 0 spiro atoms. The minimum absolute atomic E-state index is 0.112. The van der Waals surface area contributed by atoms with E-state index in [1.807, 2.05) is 17.0 Å². The summed E-state index contributed by atoms with van der Waals surface area (Å²) >= 11 is 1.52. The second kappa shape index (κ2) is 4.86. The normalized spacial score (nSPS) is 22.6. The van der Waals surface area contributed by atoms with Gasteiger partial charge in [0.15, 0.2) is 5.17 Å². The average molecular weight is 322 g/mol. The molecule has 3 aliphatic rings. The molecule has 0 radical (unpaired) electrons. The van der Waals surface area contributed by atoms with Crippen LogP contribution in [0.5, 0.6) is 0 Å². The molecular formula is C18H14N2O2S. The lowest BCUT2D eigenvalue weighted by Crippen LogP contribution is -2.38. The number of amidine groups is 1. The first-order valence-electron chi connectivity index (χ1n) is 7.71. The maximum Gasteiger partial charge on any atom is 0.239 e. The highest BCUT2D eigenvalue weighted by atomic mass is 32.2. The standard InChI is InChI=1S/C18H14N2O2S/c21-15-10-23-18-19-16-12-5-2-1-4-11(12)7-8-13(16)17(20(15)18)14-6-3-9-22-14/h1-6,9,17H,7-8,10H2. The van der Waals surface area contributed by atoms with Gasteiger partial charge in [-0.05, 0) is 36.1 Å². The van der Waals surface area contributed by atoms with Crippen LogP contribution in [0.1, 0.15) is 29.3 Å². The number of thioether (sulfide) groups is 1. The van der Waals surface area contributed by atoms with Crippen molar-refractivity contribution in [3.63, 3.8) is 0 Å². The van der Waals surface area contributed by atoms with Crippen molar-refractivity contribution in [1.82, 2.24) is 4.90 Å². The molecule has 1 saturated heterocycles. The van der Waals surface area contributed by atoms with E-state index >= 15 is 0 Å². The highest BCUT2D eigenvalue weighted by Gasteiger charge is 2.43. The number of nitrogens with zero attached hydrogens (tertiary/aromatic N) is 2. The Balaban J connectivity index is 1.75. The van der Waals surface area contributed by atoms with E-state index in [0.29, 0.717) is 5.75 Å². The number of amides is 1. The molecule has 1 aromatic carbocycles. The monoisotopic (exact) mass is 322 g/mol. The summed E-state index contributed by atoms with van der Waals surface area (Å²) in [7, 11) is 0. The van der Waals surface area contributed by atoms with Crippen LogP contribution in [0.2, 0.25) is 0 Å². The molecule has 0 saturated carbocycles. The second-order valence-corrected chi connectivity index (χ2v) is 6.84. The van der Waals surface area contributed by atoms with Gasteiger partial charge in [0.2, 0.25) is 5.91 Å². The number of benzene rings is 1. The molecule has 4 nitrogen and oxygen atoms in total.